The van der Waals surface area contributed by atoms with Crippen LogP contribution in [0.25, 0.3) is 0 Å². The number of nitriles is 1. The van der Waals surface area contributed by atoms with Crippen molar-refractivity contribution in [3.63, 3.8) is 0 Å². The minimum Gasteiger partial charge on any atom is -0.452 e. The standard InChI is InChI=1S/C24H16ClN3O6/c1-12-13(2)34-21(19(12)10-26)27-20(29)11-33-24(32)14-3-8-17-18(9-14)23(31)28(22(17)30)16-6-4-15(25)5-7-16/h3-9H,11H2,1-2H3,(H,27,29). The highest BCUT2D eigenvalue weighted by Gasteiger charge is 2.37. The Hall–Kier alpha value is -4.42. The number of imide groups is 1. The molecule has 0 radical (unpaired) electrons. The van der Waals surface area contributed by atoms with E-state index in [1.54, 1.807) is 26.0 Å². The zero-order valence-corrected chi connectivity index (χ0v) is 18.7. The van der Waals surface area contributed by atoms with Gasteiger partial charge in [-0.1, -0.05) is 11.6 Å². The van der Waals surface area contributed by atoms with Gasteiger partial charge in [0.25, 0.3) is 17.7 Å². The molecular formula is C24H16ClN3O6. The number of fused-ring (bicyclic) bond motifs is 1. The number of esters is 1. The molecule has 0 saturated heterocycles. The van der Waals surface area contributed by atoms with Crippen molar-refractivity contribution in [2.24, 2.45) is 0 Å². The molecule has 1 aromatic heterocycles. The molecule has 34 heavy (non-hydrogen) atoms. The van der Waals surface area contributed by atoms with E-state index in [9.17, 15) is 24.4 Å². The molecule has 0 bridgehead atoms. The lowest BCUT2D eigenvalue weighted by Gasteiger charge is -2.13. The number of hydrogen-bond donors (Lipinski definition) is 1. The summed E-state index contributed by atoms with van der Waals surface area (Å²) in [6.45, 7) is 2.68. The number of carbonyl (C=O) groups excluding carboxylic acids is 4. The first-order valence-corrected chi connectivity index (χ1v) is 10.3. The van der Waals surface area contributed by atoms with Gasteiger partial charge in [-0.15, -0.1) is 0 Å². The van der Waals surface area contributed by atoms with Crippen LogP contribution < -0.4 is 10.2 Å². The highest BCUT2D eigenvalue weighted by atomic mass is 35.5. The second-order valence-electron chi connectivity index (χ2n) is 7.41. The number of aryl methyl sites for hydroxylation is 1. The number of benzene rings is 2. The fourth-order valence-electron chi connectivity index (χ4n) is 3.42. The van der Waals surface area contributed by atoms with E-state index in [0.717, 1.165) is 4.90 Å². The predicted molar refractivity (Wildman–Crippen MR) is 121 cm³/mol. The summed E-state index contributed by atoms with van der Waals surface area (Å²) in [5.74, 6) is -2.24. The smallest absolute Gasteiger partial charge is 0.338 e. The molecule has 3 amide bonds. The molecule has 4 rings (SSSR count). The highest BCUT2D eigenvalue weighted by molar-refractivity contribution is 6.35. The van der Waals surface area contributed by atoms with Gasteiger partial charge >= 0.3 is 5.97 Å². The van der Waals surface area contributed by atoms with Crippen LogP contribution in [0.5, 0.6) is 0 Å². The first kappa shape index (κ1) is 22.8. The Morgan fingerprint density at radius 1 is 1.09 bits per heavy atom. The molecule has 1 aliphatic rings. The second-order valence-corrected chi connectivity index (χ2v) is 7.84. The Labute approximate surface area is 198 Å². The van der Waals surface area contributed by atoms with Gasteiger partial charge in [0.2, 0.25) is 5.88 Å². The van der Waals surface area contributed by atoms with Crippen LogP contribution in [-0.4, -0.2) is 30.3 Å². The molecule has 2 aromatic carbocycles. The maximum atomic E-state index is 12.8. The summed E-state index contributed by atoms with van der Waals surface area (Å²) in [4.78, 5) is 51.2. The van der Waals surface area contributed by atoms with Gasteiger partial charge < -0.3 is 9.15 Å². The minimum atomic E-state index is -0.865. The third-order valence-corrected chi connectivity index (χ3v) is 5.54. The number of anilines is 2. The molecule has 9 nitrogen and oxygen atoms in total. The van der Waals surface area contributed by atoms with Gasteiger partial charge in [0.05, 0.1) is 22.4 Å². The normalized spacial score (nSPS) is 12.4. The van der Waals surface area contributed by atoms with E-state index < -0.39 is 30.3 Å². The minimum absolute atomic E-state index is 0.00643. The largest absolute Gasteiger partial charge is 0.452 e. The molecule has 1 N–H and O–H groups in total. The maximum Gasteiger partial charge on any atom is 0.338 e. The lowest BCUT2D eigenvalue weighted by atomic mass is 10.1. The van der Waals surface area contributed by atoms with Crippen molar-refractivity contribution in [1.82, 2.24) is 0 Å². The third-order valence-electron chi connectivity index (χ3n) is 5.29. The number of halogens is 1. The summed E-state index contributed by atoms with van der Waals surface area (Å²) < 4.78 is 10.4. The van der Waals surface area contributed by atoms with Crippen LogP contribution in [0.15, 0.2) is 46.9 Å². The van der Waals surface area contributed by atoms with Crippen LogP contribution >= 0.6 is 11.6 Å². The molecule has 3 aromatic rings. The average molecular weight is 478 g/mol. The summed E-state index contributed by atoms with van der Waals surface area (Å²) in [7, 11) is 0. The molecule has 0 spiro atoms. The van der Waals surface area contributed by atoms with E-state index in [2.05, 4.69) is 5.32 Å². The predicted octanol–water partition coefficient (Wildman–Crippen LogP) is 4.02. The Kier molecular flexibility index (Phi) is 5.92. The molecule has 1 aliphatic heterocycles. The van der Waals surface area contributed by atoms with E-state index in [4.69, 9.17) is 20.8 Å². The lowest BCUT2D eigenvalue weighted by Crippen LogP contribution is -2.29. The molecule has 0 saturated carbocycles. The first-order valence-electron chi connectivity index (χ1n) is 9.96. The Bertz CT molecular complexity index is 1400. The van der Waals surface area contributed by atoms with Gasteiger partial charge in [-0.3, -0.25) is 19.7 Å². The molecular weight excluding hydrogens is 462 g/mol. The number of nitrogens with zero attached hydrogens (tertiary/aromatic N) is 2. The van der Waals surface area contributed by atoms with Crippen LogP contribution in [0.3, 0.4) is 0 Å². The van der Waals surface area contributed by atoms with E-state index >= 15 is 0 Å². The maximum absolute atomic E-state index is 12.8. The van der Waals surface area contributed by atoms with Crippen molar-refractivity contribution < 1.29 is 28.3 Å². The molecule has 0 fully saturated rings. The van der Waals surface area contributed by atoms with E-state index in [-0.39, 0.29) is 28.1 Å². The summed E-state index contributed by atoms with van der Waals surface area (Å²) >= 11 is 5.87. The number of carbonyl (C=O) groups is 4. The van der Waals surface area contributed by atoms with Crippen molar-refractivity contribution in [3.05, 3.63) is 81.1 Å². The molecule has 0 unspecified atom stereocenters. The number of hydrogen-bond acceptors (Lipinski definition) is 7. The van der Waals surface area contributed by atoms with Gasteiger partial charge in [-0.2, -0.15) is 5.26 Å². The number of ether oxygens (including phenoxy) is 1. The van der Waals surface area contributed by atoms with Gasteiger partial charge in [0, 0.05) is 10.6 Å². The molecule has 10 heteroatoms. The average Bonchev–Trinajstić information content (AvgIpc) is 3.23. The highest BCUT2D eigenvalue weighted by Crippen LogP contribution is 2.30. The topological polar surface area (TPSA) is 130 Å². The van der Waals surface area contributed by atoms with Crippen molar-refractivity contribution >= 4 is 46.9 Å². The van der Waals surface area contributed by atoms with Gasteiger partial charge in [0.15, 0.2) is 6.61 Å². The summed E-state index contributed by atoms with van der Waals surface area (Å²) in [6, 6.07) is 12.1. The lowest BCUT2D eigenvalue weighted by molar-refractivity contribution is -0.119. The quantitative estimate of drug-likeness (QED) is 0.434. The Morgan fingerprint density at radius 3 is 2.44 bits per heavy atom. The Balaban J connectivity index is 1.45. The first-order chi connectivity index (χ1) is 16.2. The fourth-order valence-corrected chi connectivity index (χ4v) is 3.55. The van der Waals surface area contributed by atoms with Crippen LogP contribution in [0, 0.1) is 25.2 Å². The molecule has 170 valence electrons. The summed E-state index contributed by atoms with van der Waals surface area (Å²) in [5, 5.41) is 12.1. The van der Waals surface area contributed by atoms with Gasteiger partial charge in [0.1, 0.15) is 17.4 Å². The zero-order chi connectivity index (χ0) is 24.6. The molecule has 2 heterocycles. The zero-order valence-electron chi connectivity index (χ0n) is 18.0. The third kappa shape index (κ3) is 4.02. The van der Waals surface area contributed by atoms with Crippen LogP contribution in [0.1, 0.15) is 48.0 Å². The van der Waals surface area contributed by atoms with E-state index in [1.165, 1.54) is 30.3 Å². The van der Waals surface area contributed by atoms with Crippen LogP contribution in [0.2, 0.25) is 5.02 Å². The van der Waals surface area contributed by atoms with Gasteiger partial charge in [-0.05, 0) is 56.3 Å². The number of rotatable bonds is 5. The van der Waals surface area contributed by atoms with E-state index in [0.29, 0.717) is 22.0 Å². The summed E-state index contributed by atoms with van der Waals surface area (Å²) in [6.07, 6.45) is 0. The van der Waals surface area contributed by atoms with Crippen LogP contribution in [0.4, 0.5) is 11.6 Å². The van der Waals surface area contributed by atoms with Crippen molar-refractivity contribution in [3.8, 4) is 6.07 Å². The van der Waals surface area contributed by atoms with Crippen LogP contribution in [-0.2, 0) is 9.53 Å². The second kappa shape index (κ2) is 8.84. The van der Waals surface area contributed by atoms with Gasteiger partial charge in [-0.25, -0.2) is 9.69 Å². The number of amides is 3. The molecule has 0 atom stereocenters. The van der Waals surface area contributed by atoms with Crippen molar-refractivity contribution in [2.45, 2.75) is 13.8 Å². The number of nitrogens with one attached hydrogen (secondary N) is 1. The van der Waals surface area contributed by atoms with E-state index in [1.807, 2.05) is 6.07 Å². The van der Waals surface area contributed by atoms with Crippen molar-refractivity contribution in [1.29, 1.82) is 5.26 Å². The fraction of sp³-hybridized carbons (Fsp3) is 0.125. The van der Waals surface area contributed by atoms with Crippen molar-refractivity contribution in [2.75, 3.05) is 16.8 Å². The Morgan fingerprint density at radius 2 is 1.76 bits per heavy atom. The SMILES string of the molecule is Cc1oc(NC(=O)COC(=O)c2ccc3c(c2)C(=O)N(c2ccc(Cl)cc2)C3=O)c(C#N)c1C. The number of furan rings is 1. The molecule has 0 aliphatic carbocycles. The summed E-state index contributed by atoms with van der Waals surface area (Å²) in [5.41, 5.74) is 1.30. The monoisotopic (exact) mass is 477 g/mol.